The van der Waals surface area contributed by atoms with E-state index in [-0.39, 0.29) is 11.1 Å². The fraction of sp³-hybridized carbons (Fsp3) is 0.600. The molecule has 6 saturated heterocycles. The number of hydrogen-bond donors (Lipinski definition) is 0. The molecule has 9 heterocycles. The summed E-state index contributed by atoms with van der Waals surface area (Å²) in [7, 11) is 4.70. The van der Waals surface area contributed by atoms with Crippen LogP contribution in [0.5, 0.6) is 0 Å². The minimum absolute atomic E-state index is 0.0177. The Kier molecular flexibility index (Phi) is 5.16. The lowest BCUT2D eigenvalue weighted by atomic mass is 9.52. The average molecular weight is 617 g/mol. The average Bonchev–Trinajstić information content (AvgIpc) is 3.48. The van der Waals surface area contributed by atoms with Gasteiger partial charge in [-0.05, 0) is 89.1 Å². The number of aromatic nitrogens is 1. The summed E-state index contributed by atoms with van der Waals surface area (Å²) in [5, 5.41) is 1.46. The number of fused-ring (bicyclic) bond motifs is 13. The van der Waals surface area contributed by atoms with Gasteiger partial charge in [0.05, 0.1) is 18.7 Å². The van der Waals surface area contributed by atoms with Crippen LogP contribution in [0.1, 0.15) is 69.3 Å². The maximum absolute atomic E-state index is 7.99. The fourth-order valence-electron chi connectivity index (χ4n) is 13.5. The molecule has 0 unspecified atom stereocenters. The van der Waals surface area contributed by atoms with Gasteiger partial charge in [-0.15, -0.1) is 0 Å². The van der Waals surface area contributed by atoms with Gasteiger partial charge in [0, 0.05) is 77.7 Å². The lowest BCUT2D eigenvalue weighted by Crippen LogP contribution is -2.84. The van der Waals surface area contributed by atoms with Crippen LogP contribution >= 0.6 is 0 Å². The predicted molar refractivity (Wildman–Crippen MR) is 181 cm³/mol. The van der Waals surface area contributed by atoms with Crippen LogP contribution in [0.2, 0.25) is 0 Å². The Morgan fingerprint density at radius 2 is 1.83 bits per heavy atom. The molecule has 4 bridgehead atoms. The molecule has 6 heteroatoms. The maximum atomic E-state index is 7.99. The van der Waals surface area contributed by atoms with E-state index in [2.05, 4.69) is 109 Å². The van der Waals surface area contributed by atoms with E-state index in [9.17, 15) is 0 Å². The second-order valence-corrected chi connectivity index (χ2v) is 16.5. The molecule has 6 fully saturated rings. The molecule has 0 N–H and O–H groups in total. The number of ether oxygens (including phenoxy) is 2. The van der Waals surface area contributed by atoms with Crippen LogP contribution in [0.25, 0.3) is 10.9 Å². The molecule has 2 aromatic carbocycles. The van der Waals surface area contributed by atoms with E-state index in [4.69, 9.17) is 9.47 Å². The molecule has 0 saturated carbocycles. The number of rotatable bonds is 0. The zero-order chi connectivity index (χ0) is 30.9. The number of nitrogens with zero attached hydrogens (tertiary/aromatic N) is 4. The zero-order valence-corrected chi connectivity index (χ0v) is 28.1. The lowest BCUT2D eigenvalue weighted by Gasteiger charge is -2.73. The molecule has 6 nitrogen and oxygen atoms in total. The van der Waals surface area contributed by atoms with Gasteiger partial charge in [0.2, 0.25) is 0 Å². The van der Waals surface area contributed by atoms with Crippen molar-refractivity contribution in [3.8, 4) is 0 Å². The molecule has 0 amide bonds. The molecule has 8 aliphatic heterocycles. The van der Waals surface area contributed by atoms with Gasteiger partial charge in [0.15, 0.2) is 11.5 Å². The van der Waals surface area contributed by atoms with Crippen molar-refractivity contribution in [1.82, 2.24) is 14.4 Å². The summed E-state index contributed by atoms with van der Waals surface area (Å²) < 4.78 is 17.7. The first-order valence-electron chi connectivity index (χ1n) is 18.2. The molecule has 8 aliphatic rings. The number of aryl methyl sites for hydroxylation is 1. The van der Waals surface area contributed by atoms with Crippen molar-refractivity contribution < 1.29 is 9.47 Å². The van der Waals surface area contributed by atoms with Gasteiger partial charge in [-0.25, -0.2) is 0 Å². The number of benzene rings is 2. The molecule has 240 valence electrons. The molecule has 3 aromatic rings. The maximum Gasteiger partial charge on any atom is 0.171 e. The highest BCUT2D eigenvalue weighted by molar-refractivity contribution is 5.86. The zero-order valence-electron chi connectivity index (χ0n) is 28.1. The van der Waals surface area contributed by atoms with Crippen LogP contribution in [0.3, 0.4) is 0 Å². The third-order valence-corrected chi connectivity index (χ3v) is 15.4. The van der Waals surface area contributed by atoms with Crippen molar-refractivity contribution in [2.45, 2.75) is 94.0 Å². The number of likely N-dealkylation sites (N-methyl/N-ethyl adjacent to an activating group) is 1. The number of piperidine rings is 4. The quantitative estimate of drug-likeness (QED) is 0.274. The molecular weight excluding hydrogens is 568 g/mol. The van der Waals surface area contributed by atoms with E-state index in [1.165, 1.54) is 35.9 Å². The van der Waals surface area contributed by atoms with Crippen LogP contribution in [0, 0.1) is 23.7 Å². The monoisotopic (exact) mass is 616 g/mol. The van der Waals surface area contributed by atoms with E-state index in [1.54, 1.807) is 22.4 Å². The van der Waals surface area contributed by atoms with Crippen molar-refractivity contribution in [3.05, 3.63) is 77.0 Å². The van der Waals surface area contributed by atoms with Gasteiger partial charge in [0.1, 0.15) is 0 Å². The number of hydrogen-bond acceptors (Lipinski definition) is 5. The second kappa shape index (κ2) is 8.68. The van der Waals surface area contributed by atoms with Gasteiger partial charge in [-0.2, -0.15) is 0 Å². The first kappa shape index (κ1) is 27.3. The Balaban J connectivity index is 1.06. The van der Waals surface area contributed by atoms with Gasteiger partial charge in [-0.3, -0.25) is 9.80 Å². The van der Waals surface area contributed by atoms with Crippen LogP contribution < -0.4 is 4.90 Å². The first-order valence-corrected chi connectivity index (χ1v) is 18.2. The smallest absolute Gasteiger partial charge is 0.171 e. The molecule has 11 rings (SSSR count). The second-order valence-electron chi connectivity index (χ2n) is 16.5. The molecule has 0 radical (unpaired) electrons. The van der Waals surface area contributed by atoms with E-state index in [0.29, 0.717) is 47.8 Å². The first-order chi connectivity index (χ1) is 22.3. The Hall–Kier alpha value is -2.64. The lowest BCUT2D eigenvalue weighted by molar-refractivity contribution is -0.401. The molecular formula is C40H48N4O2. The normalized spacial score (nSPS) is 46.0. The third kappa shape index (κ3) is 2.86. The van der Waals surface area contributed by atoms with Gasteiger partial charge in [-0.1, -0.05) is 48.0 Å². The van der Waals surface area contributed by atoms with Gasteiger partial charge < -0.3 is 18.9 Å². The summed E-state index contributed by atoms with van der Waals surface area (Å²) in [6, 6.07) is 20.3. The summed E-state index contributed by atoms with van der Waals surface area (Å²) in [5.41, 5.74) is 8.74. The van der Waals surface area contributed by atoms with Gasteiger partial charge in [0.25, 0.3) is 0 Å². The summed E-state index contributed by atoms with van der Waals surface area (Å²) >= 11 is 0. The largest absolute Gasteiger partial charge is 0.349 e. The summed E-state index contributed by atoms with van der Waals surface area (Å²) in [4.78, 5) is 8.33. The van der Waals surface area contributed by atoms with E-state index >= 15 is 0 Å². The van der Waals surface area contributed by atoms with Crippen molar-refractivity contribution in [2.24, 2.45) is 30.7 Å². The van der Waals surface area contributed by atoms with E-state index in [1.807, 2.05) is 0 Å². The highest BCUT2D eigenvalue weighted by Gasteiger charge is 2.78. The highest BCUT2D eigenvalue weighted by atomic mass is 16.7. The third-order valence-electron chi connectivity index (χ3n) is 15.4. The highest BCUT2D eigenvalue weighted by Crippen LogP contribution is 2.72. The Morgan fingerprint density at radius 1 is 1.00 bits per heavy atom. The Bertz CT molecular complexity index is 1850. The van der Waals surface area contributed by atoms with Crippen LogP contribution in [-0.4, -0.2) is 70.7 Å². The number of para-hydroxylation sites is 2. The minimum Gasteiger partial charge on any atom is -0.349 e. The topological polar surface area (TPSA) is 33.1 Å². The molecule has 11 atom stereocenters. The van der Waals surface area contributed by atoms with E-state index in [0.717, 1.165) is 32.5 Å². The number of anilines is 1. The van der Waals surface area contributed by atoms with Crippen LogP contribution in [-0.2, 0) is 28.4 Å². The SMILES string of the molecule is C/C=C1/CN2CC[C@@]34C[C@H]5[C@@H]6C[C@H]7c8c(c9ccccc9n8C)C[C@@H]([C@@H]6CO[C@@]5(C)O[C@@]35[C@@H]2C[C@@H]1[C@@H](C)N5c1ccccc14)N7C. The van der Waals surface area contributed by atoms with Crippen LogP contribution in [0.15, 0.2) is 60.2 Å². The summed E-state index contributed by atoms with van der Waals surface area (Å²) in [6.07, 6.45) is 8.25. The van der Waals surface area contributed by atoms with Crippen molar-refractivity contribution in [1.29, 1.82) is 0 Å². The van der Waals surface area contributed by atoms with Crippen molar-refractivity contribution in [3.63, 3.8) is 0 Å². The van der Waals surface area contributed by atoms with E-state index < -0.39 is 5.79 Å². The summed E-state index contributed by atoms with van der Waals surface area (Å²) in [6.45, 7) is 10.1. The number of allylic oxidation sites excluding steroid dienone is 1. The molecule has 1 aromatic heterocycles. The Labute approximate surface area is 273 Å². The minimum atomic E-state index is -0.590. The standard InChI is InChI=1S/C40H48N4O2/c1-6-24-21-43-16-15-39-20-31-27-17-35-37-28(25-11-7-9-13-32(25)42(37)5)18-34(41(35)4)29(27)22-45-38(31,3)46-40(39)36(43)19-26(24)23(2)44(40)33-14-10-8-12-30(33)39/h6-14,23,26-27,29,31,34-36H,15-22H2,1-5H3/b24-6-/t23-,26-,27-,29-,31+,34+,35+,36+,38+,39+,40+/m1/s1. The fourth-order valence-corrected chi connectivity index (χ4v) is 13.5. The molecule has 0 aliphatic carbocycles. The molecule has 1 spiro atoms. The predicted octanol–water partition coefficient (Wildman–Crippen LogP) is 6.39. The summed E-state index contributed by atoms with van der Waals surface area (Å²) in [5.74, 6) is 1.46. The van der Waals surface area contributed by atoms with Crippen molar-refractivity contribution >= 4 is 16.6 Å². The van der Waals surface area contributed by atoms with Crippen LogP contribution in [0.4, 0.5) is 5.69 Å². The van der Waals surface area contributed by atoms with Gasteiger partial charge >= 0.3 is 0 Å². The van der Waals surface area contributed by atoms with Crippen molar-refractivity contribution in [2.75, 3.05) is 31.6 Å². The molecule has 46 heavy (non-hydrogen) atoms. The Morgan fingerprint density at radius 3 is 2.70 bits per heavy atom.